The van der Waals surface area contributed by atoms with Gasteiger partial charge in [0.05, 0.1) is 19.4 Å². The first kappa shape index (κ1) is 12.4. The fraction of sp³-hybridized carbons (Fsp3) is 0.250. The lowest BCUT2D eigenvalue weighted by Gasteiger charge is -2.07. The Morgan fingerprint density at radius 2 is 2.05 bits per heavy atom. The Morgan fingerprint density at radius 3 is 2.75 bits per heavy atom. The van der Waals surface area contributed by atoms with Gasteiger partial charge in [-0.25, -0.2) is 0 Å². The van der Waals surface area contributed by atoms with Crippen molar-refractivity contribution >= 4 is 5.84 Å². The highest BCUT2D eigenvalue weighted by atomic mass is 16.5. The van der Waals surface area contributed by atoms with Gasteiger partial charge in [-0.2, -0.15) is 25.6 Å². The standard InChI is InChI=1S/C12H13N7O/c1-3-10(12-17-14-8-15-18-12)4-2-9(1)6-20-7-11-5-13-19-16-11/h1-5,14H,6-8H2,(H,13,16,19). The van der Waals surface area contributed by atoms with Crippen molar-refractivity contribution in [3.8, 4) is 0 Å². The van der Waals surface area contributed by atoms with Crippen molar-refractivity contribution in [3.05, 3.63) is 47.3 Å². The molecule has 1 aromatic heterocycles. The van der Waals surface area contributed by atoms with Crippen molar-refractivity contribution < 1.29 is 4.74 Å². The second kappa shape index (κ2) is 6.02. The molecule has 0 aliphatic carbocycles. The maximum Gasteiger partial charge on any atom is 0.200 e. The molecule has 0 saturated carbocycles. The summed E-state index contributed by atoms with van der Waals surface area (Å²) >= 11 is 0. The highest BCUT2D eigenvalue weighted by Crippen LogP contribution is 2.09. The third-order valence-corrected chi connectivity index (χ3v) is 2.69. The molecule has 8 heteroatoms. The number of H-pyrrole nitrogens is 1. The number of hydrazone groups is 1. The van der Waals surface area contributed by atoms with Crippen LogP contribution in [0, 0.1) is 0 Å². The Balaban J connectivity index is 1.56. The normalized spacial score (nSPS) is 13.9. The van der Waals surface area contributed by atoms with Crippen LogP contribution in [-0.2, 0) is 18.0 Å². The van der Waals surface area contributed by atoms with E-state index in [4.69, 9.17) is 4.74 Å². The minimum atomic E-state index is 0.428. The number of nitrogens with zero attached hydrogens (tertiary/aromatic N) is 5. The number of benzene rings is 1. The lowest BCUT2D eigenvalue weighted by molar-refractivity contribution is 0.104. The summed E-state index contributed by atoms with van der Waals surface area (Å²) in [7, 11) is 0. The zero-order valence-electron chi connectivity index (χ0n) is 10.7. The summed E-state index contributed by atoms with van der Waals surface area (Å²) in [6.45, 7) is 1.37. The fourth-order valence-corrected chi connectivity index (χ4v) is 1.71. The molecule has 0 amide bonds. The van der Waals surface area contributed by atoms with Crippen molar-refractivity contribution in [1.29, 1.82) is 0 Å². The van der Waals surface area contributed by atoms with Crippen LogP contribution >= 0.6 is 0 Å². The molecule has 0 radical (unpaired) electrons. The van der Waals surface area contributed by atoms with Gasteiger partial charge in [0.2, 0.25) is 0 Å². The van der Waals surface area contributed by atoms with Crippen molar-refractivity contribution in [2.45, 2.75) is 13.2 Å². The van der Waals surface area contributed by atoms with Gasteiger partial charge in [-0.3, -0.25) is 5.43 Å². The van der Waals surface area contributed by atoms with E-state index in [1.807, 2.05) is 24.3 Å². The summed E-state index contributed by atoms with van der Waals surface area (Å²) in [6.07, 6.45) is 1.64. The second-order valence-electron chi connectivity index (χ2n) is 4.14. The molecule has 0 spiro atoms. The van der Waals surface area contributed by atoms with Crippen LogP contribution in [0.15, 0.2) is 45.8 Å². The van der Waals surface area contributed by atoms with Crippen LogP contribution in [0.2, 0.25) is 0 Å². The van der Waals surface area contributed by atoms with E-state index >= 15 is 0 Å². The van der Waals surface area contributed by atoms with Gasteiger partial charge in [-0.15, -0.1) is 5.11 Å². The summed E-state index contributed by atoms with van der Waals surface area (Å²) in [5, 5.41) is 22.1. The Labute approximate surface area is 115 Å². The molecule has 1 aliphatic heterocycles. The van der Waals surface area contributed by atoms with E-state index in [9.17, 15) is 0 Å². The predicted octanol–water partition coefficient (Wildman–Crippen LogP) is 1.20. The molecular formula is C12H13N7O. The zero-order valence-corrected chi connectivity index (χ0v) is 10.7. The molecule has 0 unspecified atom stereocenters. The average molecular weight is 271 g/mol. The number of aromatic nitrogens is 3. The quantitative estimate of drug-likeness (QED) is 0.853. The summed E-state index contributed by atoms with van der Waals surface area (Å²) < 4.78 is 5.54. The van der Waals surface area contributed by atoms with Crippen molar-refractivity contribution in [3.63, 3.8) is 0 Å². The first-order valence-corrected chi connectivity index (χ1v) is 6.11. The number of nitrogens with one attached hydrogen (secondary N) is 2. The Hall–Kier alpha value is -2.61. The minimum absolute atomic E-state index is 0.428. The lowest BCUT2D eigenvalue weighted by Crippen LogP contribution is -2.14. The van der Waals surface area contributed by atoms with E-state index in [0.29, 0.717) is 25.7 Å². The van der Waals surface area contributed by atoms with E-state index in [0.717, 1.165) is 16.8 Å². The Kier molecular flexibility index (Phi) is 3.74. The summed E-state index contributed by atoms with van der Waals surface area (Å²) in [4.78, 5) is 0. The summed E-state index contributed by atoms with van der Waals surface area (Å²) in [5.41, 5.74) is 5.55. The number of ether oxygens (including phenoxy) is 1. The van der Waals surface area contributed by atoms with Gasteiger partial charge in [0.1, 0.15) is 12.4 Å². The van der Waals surface area contributed by atoms with Crippen LogP contribution < -0.4 is 5.43 Å². The van der Waals surface area contributed by atoms with E-state index in [-0.39, 0.29) is 0 Å². The highest BCUT2D eigenvalue weighted by molar-refractivity contribution is 5.99. The fourth-order valence-electron chi connectivity index (χ4n) is 1.71. The van der Waals surface area contributed by atoms with Crippen LogP contribution in [0.3, 0.4) is 0 Å². The molecule has 20 heavy (non-hydrogen) atoms. The Morgan fingerprint density at radius 1 is 1.15 bits per heavy atom. The second-order valence-corrected chi connectivity index (χ2v) is 4.14. The van der Waals surface area contributed by atoms with Crippen molar-refractivity contribution in [1.82, 2.24) is 20.8 Å². The topological polar surface area (TPSA) is 99.9 Å². The van der Waals surface area contributed by atoms with Gasteiger partial charge >= 0.3 is 0 Å². The lowest BCUT2D eigenvalue weighted by atomic mass is 10.1. The highest BCUT2D eigenvalue weighted by Gasteiger charge is 2.05. The molecular weight excluding hydrogens is 258 g/mol. The van der Waals surface area contributed by atoms with Crippen LogP contribution in [0.5, 0.6) is 0 Å². The third kappa shape index (κ3) is 3.04. The van der Waals surface area contributed by atoms with E-state index < -0.39 is 0 Å². The molecule has 1 aliphatic rings. The maximum atomic E-state index is 5.54. The summed E-state index contributed by atoms with van der Waals surface area (Å²) in [6, 6.07) is 7.84. The number of aromatic amines is 1. The first-order chi connectivity index (χ1) is 9.92. The third-order valence-electron chi connectivity index (χ3n) is 2.69. The minimum Gasteiger partial charge on any atom is -0.370 e. The summed E-state index contributed by atoms with van der Waals surface area (Å²) in [5.74, 6) is 0.589. The largest absolute Gasteiger partial charge is 0.370 e. The molecule has 8 nitrogen and oxygen atoms in total. The van der Waals surface area contributed by atoms with Gasteiger partial charge in [-0.1, -0.05) is 24.3 Å². The van der Waals surface area contributed by atoms with Crippen LogP contribution in [0.4, 0.5) is 0 Å². The molecule has 1 aromatic carbocycles. The van der Waals surface area contributed by atoms with Crippen LogP contribution in [-0.4, -0.2) is 27.9 Å². The van der Waals surface area contributed by atoms with Crippen molar-refractivity contribution in [2.75, 3.05) is 6.67 Å². The molecule has 3 rings (SSSR count). The van der Waals surface area contributed by atoms with E-state index in [1.54, 1.807) is 6.20 Å². The molecule has 0 fully saturated rings. The predicted molar refractivity (Wildman–Crippen MR) is 70.7 cm³/mol. The van der Waals surface area contributed by atoms with Gasteiger partial charge in [0.15, 0.2) is 5.84 Å². The van der Waals surface area contributed by atoms with Crippen LogP contribution in [0.25, 0.3) is 0 Å². The number of hydrogen-bond donors (Lipinski definition) is 2. The number of azo groups is 1. The van der Waals surface area contributed by atoms with Crippen LogP contribution in [0.1, 0.15) is 16.8 Å². The molecule has 2 aromatic rings. The zero-order chi connectivity index (χ0) is 13.6. The maximum absolute atomic E-state index is 5.54. The number of amidine groups is 1. The molecule has 2 heterocycles. The average Bonchev–Trinajstić information content (AvgIpc) is 3.02. The Bertz CT molecular complexity index is 603. The molecule has 0 bridgehead atoms. The van der Waals surface area contributed by atoms with Gasteiger partial charge < -0.3 is 4.74 Å². The number of hydrogen-bond acceptors (Lipinski definition) is 7. The van der Waals surface area contributed by atoms with E-state index in [1.165, 1.54) is 0 Å². The van der Waals surface area contributed by atoms with Gasteiger partial charge in [0.25, 0.3) is 0 Å². The van der Waals surface area contributed by atoms with Crippen molar-refractivity contribution in [2.24, 2.45) is 15.3 Å². The number of rotatable bonds is 5. The molecule has 0 atom stereocenters. The van der Waals surface area contributed by atoms with E-state index in [2.05, 4.69) is 36.2 Å². The molecule has 0 saturated heterocycles. The first-order valence-electron chi connectivity index (χ1n) is 6.11. The molecule has 102 valence electrons. The van der Waals surface area contributed by atoms with Gasteiger partial charge in [-0.05, 0) is 5.56 Å². The van der Waals surface area contributed by atoms with Gasteiger partial charge in [0, 0.05) is 5.56 Å². The molecule has 2 N–H and O–H groups in total. The monoisotopic (exact) mass is 271 g/mol. The smallest absolute Gasteiger partial charge is 0.200 e. The SMILES string of the molecule is c1cc(C2=NNCN=N2)ccc1COCc1cn[nH]n1.